The molecule has 0 radical (unpaired) electrons. The molecule has 0 bridgehead atoms. The van der Waals surface area contributed by atoms with E-state index < -0.39 is 20.0 Å². The number of sulfonamides is 2. The van der Waals surface area contributed by atoms with Gasteiger partial charge in [0, 0.05) is 17.0 Å². The molecule has 6 nitrogen and oxygen atoms in total. The molecule has 0 atom stereocenters. The quantitative estimate of drug-likeness (QED) is 0.875. The number of aryl methyl sites for hydroxylation is 1. The number of nitrogens with one attached hydrogen (secondary N) is 1. The Bertz CT molecular complexity index is 978. The summed E-state index contributed by atoms with van der Waals surface area (Å²) >= 11 is 1.24. The molecular weight excluding hydrogens is 368 g/mol. The van der Waals surface area contributed by atoms with Crippen LogP contribution in [0.2, 0.25) is 0 Å². The molecule has 2 heterocycles. The Morgan fingerprint density at radius 1 is 1.12 bits per heavy atom. The Labute approximate surface area is 146 Å². The molecule has 0 amide bonds. The summed E-state index contributed by atoms with van der Waals surface area (Å²) in [6.07, 6.45) is 2.35. The maximum absolute atomic E-state index is 13.0. The molecule has 1 aromatic carbocycles. The molecule has 0 spiro atoms. The number of benzene rings is 1. The molecule has 0 aliphatic carbocycles. The van der Waals surface area contributed by atoms with Crippen LogP contribution in [0.4, 0.5) is 11.4 Å². The van der Waals surface area contributed by atoms with E-state index in [9.17, 15) is 16.8 Å². The van der Waals surface area contributed by atoms with Gasteiger partial charge in [-0.1, -0.05) is 6.07 Å². The van der Waals surface area contributed by atoms with Crippen LogP contribution in [0, 0.1) is 6.92 Å². The monoisotopic (exact) mass is 386 g/mol. The van der Waals surface area contributed by atoms with Gasteiger partial charge in [-0.2, -0.15) is 0 Å². The summed E-state index contributed by atoms with van der Waals surface area (Å²) in [6, 6.07) is 8.44. The second-order valence-corrected chi connectivity index (χ2v) is 10.8. The second-order valence-electron chi connectivity index (χ2n) is 5.72. The lowest BCUT2D eigenvalue weighted by Gasteiger charge is -2.31. The fraction of sp³-hybridized carbons (Fsp3) is 0.333. The van der Waals surface area contributed by atoms with Gasteiger partial charge in [-0.3, -0.25) is 9.03 Å². The molecule has 2 aromatic rings. The molecule has 1 aliphatic rings. The van der Waals surface area contributed by atoms with Crippen molar-refractivity contribution >= 4 is 42.8 Å². The zero-order valence-corrected chi connectivity index (χ0v) is 15.8. The van der Waals surface area contributed by atoms with Gasteiger partial charge >= 0.3 is 0 Å². The molecular formula is C15H18N2O4S3. The summed E-state index contributed by atoms with van der Waals surface area (Å²) in [5.41, 5.74) is 1.70. The van der Waals surface area contributed by atoms with Crippen LogP contribution in [0.25, 0.3) is 0 Å². The van der Waals surface area contributed by atoms with Crippen molar-refractivity contribution in [1.82, 2.24) is 0 Å². The normalized spacial score (nSPS) is 15.2. The molecule has 24 heavy (non-hydrogen) atoms. The van der Waals surface area contributed by atoms with E-state index in [0.717, 1.165) is 11.1 Å². The number of nitrogens with zero attached hydrogens (tertiary/aromatic N) is 1. The van der Waals surface area contributed by atoms with Gasteiger partial charge in [-0.15, -0.1) is 11.3 Å². The maximum Gasteiger partial charge on any atom is 0.273 e. The molecule has 0 fully saturated rings. The Morgan fingerprint density at radius 3 is 2.50 bits per heavy atom. The Kier molecular flexibility index (Phi) is 4.35. The smallest absolute Gasteiger partial charge is 0.273 e. The standard InChI is InChI=1S/C15H18N2O4S3/c1-11-8-9-15(22-11)24(20,21)17-10-4-5-12-13(16-23(2,18)19)6-3-7-14(12)17/h3,6-9,16H,4-5,10H2,1-2H3. The molecule has 0 unspecified atom stereocenters. The average molecular weight is 387 g/mol. The molecule has 9 heteroatoms. The van der Waals surface area contributed by atoms with Gasteiger partial charge in [0.25, 0.3) is 10.0 Å². The minimum atomic E-state index is -3.64. The van der Waals surface area contributed by atoms with Gasteiger partial charge < -0.3 is 0 Å². The molecule has 1 aromatic heterocycles. The largest absolute Gasteiger partial charge is 0.283 e. The highest BCUT2D eigenvalue weighted by Gasteiger charge is 2.31. The summed E-state index contributed by atoms with van der Waals surface area (Å²) in [5.74, 6) is 0. The van der Waals surface area contributed by atoms with E-state index in [1.54, 1.807) is 30.3 Å². The first-order valence-corrected chi connectivity index (χ1v) is 11.5. The van der Waals surface area contributed by atoms with Crippen molar-refractivity contribution in [1.29, 1.82) is 0 Å². The summed E-state index contributed by atoms with van der Waals surface area (Å²) in [4.78, 5) is 0.929. The summed E-state index contributed by atoms with van der Waals surface area (Å²) < 4.78 is 53.2. The molecule has 1 aliphatic heterocycles. The maximum atomic E-state index is 13.0. The molecule has 3 rings (SSSR count). The molecule has 0 saturated heterocycles. The highest BCUT2D eigenvalue weighted by atomic mass is 32.2. The number of hydrogen-bond acceptors (Lipinski definition) is 5. The van der Waals surface area contributed by atoms with E-state index in [4.69, 9.17) is 0 Å². The van der Waals surface area contributed by atoms with Crippen LogP contribution in [-0.2, 0) is 26.5 Å². The van der Waals surface area contributed by atoms with E-state index in [2.05, 4.69) is 4.72 Å². The van der Waals surface area contributed by atoms with Gasteiger partial charge in [0.2, 0.25) is 10.0 Å². The number of rotatable bonds is 4. The van der Waals surface area contributed by atoms with Crippen molar-refractivity contribution in [2.24, 2.45) is 0 Å². The van der Waals surface area contributed by atoms with E-state index in [0.29, 0.717) is 40.5 Å². The number of hydrogen-bond donors (Lipinski definition) is 1. The first kappa shape index (κ1) is 17.2. The van der Waals surface area contributed by atoms with Crippen LogP contribution in [0.3, 0.4) is 0 Å². The predicted molar refractivity (Wildman–Crippen MR) is 96.8 cm³/mol. The lowest BCUT2D eigenvalue weighted by atomic mass is 10.0. The number of thiophene rings is 1. The Hall–Kier alpha value is -1.58. The van der Waals surface area contributed by atoms with Crippen molar-refractivity contribution in [3.8, 4) is 0 Å². The van der Waals surface area contributed by atoms with Crippen LogP contribution in [0.1, 0.15) is 16.9 Å². The minimum absolute atomic E-state index is 0.300. The van der Waals surface area contributed by atoms with Crippen molar-refractivity contribution < 1.29 is 16.8 Å². The number of anilines is 2. The number of fused-ring (bicyclic) bond motifs is 1. The lowest BCUT2D eigenvalue weighted by molar-refractivity contribution is 0.588. The summed E-state index contributed by atoms with van der Waals surface area (Å²) in [6.45, 7) is 2.25. The van der Waals surface area contributed by atoms with Crippen LogP contribution in [0.15, 0.2) is 34.5 Å². The third kappa shape index (κ3) is 3.28. The molecule has 130 valence electrons. The van der Waals surface area contributed by atoms with Crippen molar-refractivity contribution in [3.05, 3.63) is 40.8 Å². The van der Waals surface area contributed by atoms with Crippen molar-refractivity contribution in [2.45, 2.75) is 24.0 Å². The minimum Gasteiger partial charge on any atom is -0.283 e. The first-order chi connectivity index (χ1) is 11.2. The van der Waals surface area contributed by atoms with Crippen molar-refractivity contribution in [2.75, 3.05) is 21.8 Å². The first-order valence-electron chi connectivity index (χ1n) is 7.37. The van der Waals surface area contributed by atoms with Gasteiger partial charge in [0.05, 0.1) is 17.6 Å². The SMILES string of the molecule is Cc1ccc(S(=O)(=O)N2CCCc3c(NS(C)(=O)=O)cccc32)s1. The van der Waals surface area contributed by atoms with Gasteiger partial charge in [0.1, 0.15) is 4.21 Å². The van der Waals surface area contributed by atoms with Crippen LogP contribution >= 0.6 is 11.3 Å². The fourth-order valence-corrected chi connectivity index (χ4v) is 6.32. The fourth-order valence-electron chi connectivity index (χ4n) is 2.80. The molecule has 1 N–H and O–H groups in total. The zero-order valence-electron chi connectivity index (χ0n) is 13.3. The third-order valence-electron chi connectivity index (χ3n) is 3.76. The zero-order chi connectivity index (χ0) is 17.5. The topological polar surface area (TPSA) is 83.6 Å². The summed E-state index contributed by atoms with van der Waals surface area (Å²) in [7, 11) is -7.07. The van der Waals surface area contributed by atoms with E-state index in [1.807, 2.05) is 6.92 Å². The Morgan fingerprint density at radius 2 is 1.88 bits per heavy atom. The third-order valence-corrected chi connectivity index (χ3v) is 7.64. The Balaban J connectivity index is 2.08. The van der Waals surface area contributed by atoms with Crippen LogP contribution in [-0.4, -0.2) is 29.6 Å². The van der Waals surface area contributed by atoms with Crippen LogP contribution in [0.5, 0.6) is 0 Å². The second kappa shape index (κ2) is 6.05. The summed E-state index contributed by atoms with van der Waals surface area (Å²) in [5, 5.41) is 0. The predicted octanol–water partition coefficient (Wildman–Crippen LogP) is 2.57. The van der Waals surface area contributed by atoms with Crippen LogP contribution < -0.4 is 9.03 Å². The van der Waals surface area contributed by atoms with Gasteiger partial charge in [0.15, 0.2) is 0 Å². The van der Waals surface area contributed by atoms with Crippen molar-refractivity contribution in [3.63, 3.8) is 0 Å². The van der Waals surface area contributed by atoms with E-state index >= 15 is 0 Å². The molecule has 0 saturated carbocycles. The van der Waals surface area contributed by atoms with E-state index in [-0.39, 0.29) is 0 Å². The van der Waals surface area contributed by atoms with E-state index in [1.165, 1.54) is 15.6 Å². The van der Waals surface area contributed by atoms with Gasteiger partial charge in [-0.25, -0.2) is 16.8 Å². The highest BCUT2D eigenvalue weighted by Crippen LogP contribution is 2.37. The lowest BCUT2D eigenvalue weighted by Crippen LogP contribution is -2.35. The van der Waals surface area contributed by atoms with Gasteiger partial charge in [-0.05, 0) is 44.0 Å². The highest BCUT2D eigenvalue weighted by molar-refractivity contribution is 7.94. The average Bonchev–Trinajstić information content (AvgIpc) is 2.93.